The molecule has 1 saturated heterocycles. The quantitative estimate of drug-likeness (QED) is 0.596. The number of nitrogens with zero attached hydrogens (tertiary/aromatic N) is 4. The fourth-order valence-electron chi connectivity index (χ4n) is 5.24. The minimum absolute atomic E-state index is 0.0326. The van der Waals surface area contributed by atoms with Crippen molar-refractivity contribution >= 4 is 11.6 Å². The van der Waals surface area contributed by atoms with Crippen molar-refractivity contribution in [1.82, 2.24) is 14.8 Å². The van der Waals surface area contributed by atoms with E-state index in [4.69, 9.17) is 4.74 Å². The predicted molar refractivity (Wildman–Crippen MR) is 129 cm³/mol. The van der Waals surface area contributed by atoms with E-state index in [0.29, 0.717) is 11.3 Å². The molecule has 1 aliphatic carbocycles. The number of pyridine rings is 1. The van der Waals surface area contributed by atoms with E-state index in [1.165, 1.54) is 5.56 Å². The molecule has 3 heterocycles. The van der Waals surface area contributed by atoms with E-state index in [9.17, 15) is 10.1 Å². The maximum absolute atomic E-state index is 12.9. The lowest BCUT2D eigenvalue weighted by Crippen LogP contribution is -2.40. The van der Waals surface area contributed by atoms with E-state index in [2.05, 4.69) is 21.5 Å². The van der Waals surface area contributed by atoms with E-state index < -0.39 is 5.41 Å². The number of carbonyl (C=O) groups excluding carboxylic acids is 1. The Morgan fingerprint density at radius 1 is 1.06 bits per heavy atom. The Kier molecular flexibility index (Phi) is 5.70. The summed E-state index contributed by atoms with van der Waals surface area (Å²) < 4.78 is 7.78. The Balaban J connectivity index is 1.29. The zero-order chi connectivity index (χ0) is 23.8. The number of anilines is 1. The number of amides is 1. The van der Waals surface area contributed by atoms with Gasteiger partial charge in [0.05, 0.1) is 57.8 Å². The van der Waals surface area contributed by atoms with Crippen LogP contribution in [-0.2, 0) is 10.2 Å². The maximum Gasteiger partial charge on any atom is 0.259 e. The first kappa shape index (κ1) is 22.3. The van der Waals surface area contributed by atoms with Gasteiger partial charge in [-0.25, -0.2) is 4.68 Å². The van der Waals surface area contributed by atoms with Crippen molar-refractivity contribution in [3.8, 4) is 11.8 Å². The fourth-order valence-corrected chi connectivity index (χ4v) is 5.24. The van der Waals surface area contributed by atoms with Crippen LogP contribution < -0.4 is 5.32 Å². The van der Waals surface area contributed by atoms with Gasteiger partial charge in [0, 0.05) is 6.61 Å². The van der Waals surface area contributed by atoms with Gasteiger partial charge in [-0.2, -0.15) is 10.4 Å². The van der Waals surface area contributed by atoms with E-state index in [1.54, 1.807) is 17.1 Å². The molecule has 7 heteroatoms. The molecule has 2 aliphatic rings. The molecule has 1 amide bonds. The number of aromatic nitrogens is 3. The lowest BCUT2D eigenvalue weighted by atomic mass is 9.67. The fraction of sp³-hybridized carbons (Fsp3) is 0.407. The first-order valence-corrected chi connectivity index (χ1v) is 11.9. The van der Waals surface area contributed by atoms with E-state index in [0.717, 1.165) is 62.2 Å². The summed E-state index contributed by atoms with van der Waals surface area (Å²) >= 11 is 0. The Morgan fingerprint density at radius 3 is 2.44 bits per heavy atom. The standard InChI is InChI=1S/C27H29N5O2/c1-19-4-7-22(8-5-19)32-20(2)23(17-30-32)25(33)31-21-6-9-24(29-16-21)26(18-28)11-13-27(14-12-26)10-3-15-34-27/h4-9,16-17H,3,10-15H2,1-2H3,(H,31,33). The van der Waals surface area contributed by atoms with Crippen LogP contribution in [-0.4, -0.2) is 32.9 Å². The number of ether oxygens (including phenoxy) is 1. The molecule has 2 aromatic heterocycles. The topological polar surface area (TPSA) is 92.8 Å². The van der Waals surface area contributed by atoms with Gasteiger partial charge in [0.2, 0.25) is 0 Å². The minimum atomic E-state index is -0.592. The Bertz CT molecular complexity index is 1220. The summed E-state index contributed by atoms with van der Waals surface area (Å²) in [5.41, 5.74) is 4.08. The Labute approximate surface area is 199 Å². The van der Waals surface area contributed by atoms with Crippen molar-refractivity contribution in [1.29, 1.82) is 5.26 Å². The molecule has 1 aliphatic heterocycles. The summed E-state index contributed by atoms with van der Waals surface area (Å²) in [6, 6.07) is 14.2. The summed E-state index contributed by atoms with van der Waals surface area (Å²) in [6.45, 7) is 4.74. The second-order valence-electron chi connectivity index (χ2n) is 9.61. The van der Waals surface area contributed by atoms with E-state index in [1.807, 2.05) is 50.2 Å². The summed E-state index contributed by atoms with van der Waals surface area (Å²) in [5, 5.41) is 17.3. The number of aryl methyl sites for hydroxylation is 1. The van der Waals surface area contributed by atoms with Crippen LogP contribution >= 0.6 is 0 Å². The third-order valence-electron chi connectivity index (χ3n) is 7.46. The molecule has 174 valence electrons. The SMILES string of the molecule is Cc1ccc(-n2ncc(C(=O)Nc3ccc(C4(C#N)CCC5(CCCO5)CC4)nc3)c2C)cc1. The zero-order valence-electron chi connectivity index (χ0n) is 19.7. The molecule has 1 N–H and O–H groups in total. The molecule has 3 aromatic rings. The largest absolute Gasteiger partial charge is 0.375 e. The van der Waals surface area contributed by atoms with Crippen LogP contribution in [0.4, 0.5) is 5.69 Å². The average molecular weight is 456 g/mol. The van der Waals surface area contributed by atoms with Crippen LogP contribution in [0.1, 0.15) is 65.8 Å². The van der Waals surface area contributed by atoms with Crippen molar-refractivity contribution in [3.05, 3.63) is 71.3 Å². The number of benzene rings is 1. The van der Waals surface area contributed by atoms with Crippen molar-refractivity contribution in [3.63, 3.8) is 0 Å². The van der Waals surface area contributed by atoms with E-state index >= 15 is 0 Å². The molecule has 2 fully saturated rings. The second-order valence-corrected chi connectivity index (χ2v) is 9.61. The summed E-state index contributed by atoms with van der Waals surface area (Å²) in [7, 11) is 0. The van der Waals surface area contributed by atoms with Gasteiger partial charge in [-0.3, -0.25) is 9.78 Å². The number of nitrogens with one attached hydrogen (secondary N) is 1. The molecule has 5 rings (SSSR count). The molecule has 1 saturated carbocycles. The number of hydrogen-bond donors (Lipinski definition) is 1. The van der Waals surface area contributed by atoms with E-state index in [-0.39, 0.29) is 11.5 Å². The van der Waals surface area contributed by atoms with Crippen LogP contribution in [0.25, 0.3) is 5.69 Å². The first-order valence-electron chi connectivity index (χ1n) is 11.9. The highest BCUT2D eigenvalue weighted by Crippen LogP contribution is 2.47. The molecular formula is C27H29N5O2. The van der Waals surface area contributed by atoms with Crippen LogP contribution in [0.2, 0.25) is 0 Å². The van der Waals surface area contributed by atoms with Gasteiger partial charge in [-0.15, -0.1) is 0 Å². The lowest BCUT2D eigenvalue weighted by molar-refractivity contribution is -0.0347. The first-order chi connectivity index (χ1) is 16.4. The summed E-state index contributed by atoms with van der Waals surface area (Å²) in [5.74, 6) is -0.238. The van der Waals surface area contributed by atoms with Crippen molar-refractivity contribution in [2.24, 2.45) is 0 Å². The Morgan fingerprint density at radius 2 is 1.82 bits per heavy atom. The monoisotopic (exact) mass is 455 g/mol. The highest BCUT2D eigenvalue weighted by atomic mass is 16.5. The molecule has 1 aromatic carbocycles. The normalized spacial score (nSPS) is 24.1. The lowest BCUT2D eigenvalue weighted by Gasteiger charge is -2.40. The van der Waals surface area contributed by atoms with Gasteiger partial charge in [0.25, 0.3) is 5.91 Å². The van der Waals surface area contributed by atoms with Gasteiger partial charge < -0.3 is 10.1 Å². The van der Waals surface area contributed by atoms with Crippen LogP contribution in [0.5, 0.6) is 0 Å². The Hall–Kier alpha value is -3.50. The molecule has 0 unspecified atom stereocenters. The minimum Gasteiger partial charge on any atom is -0.375 e. The van der Waals surface area contributed by atoms with Crippen LogP contribution in [0, 0.1) is 25.2 Å². The van der Waals surface area contributed by atoms with Crippen LogP contribution in [0.3, 0.4) is 0 Å². The average Bonchev–Trinajstić information content (AvgIpc) is 3.48. The summed E-state index contributed by atoms with van der Waals surface area (Å²) in [6.07, 6.45) is 8.71. The molecular weight excluding hydrogens is 426 g/mol. The highest BCUT2D eigenvalue weighted by Gasteiger charge is 2.46. The van der Waals surface area contributed by atoms with Crippen molar-refractivity contribution in [2.75, 3.05) is 11.9 Å². The molecule has 0 atom stereocenters. The zero-order valence-corrected chi connectivity index (χ0v) is 19.7. The van der Waals surface area contributed by atoms with Crippen LogP contribution in [0.15, 0.2) is 48.8 Å². The molecule has 7 nitrogen and oxygen atoms in total. The van der Waals surface area contributed by atoms with Crippen molar-refractivity contribution in [2.45, 2.75) is 63.4 Å². The third kappa shape index (κ3) is 3.99. The maximum atomic E-state index is 12.9. The number of hydrogen-bond acceptors (Lipinski definition) is 5. The van der Waals surface area contributed by atoms with Gasteiger partial charge in [-0.1, -0.05) is 17.7 Å². The predicted octanol–water partition coefficient (Wildman–Crippen LogP) is 5.02. The third-order valence-corrected chi connectivity index (χ3v) is 7.46. The second kappa shape index (κ2) is 8.69. The number of carbonyl (C=O) groups is 1. The summed E-state index contributed by atoms with van der Waals surface area (Å²) in [4.78, 5) is 17.5. The van der Waals surface area contributed by atoms with Crippen molar-refractivity contribution < 1.29 is 9.53 Å². The van der Waals surface area contributed by atoms with Gasteiger partial charge in [-0.05, 0) is 76.6 Å². The smallest absolute Gasteiger partial charge is 0.259 e. The molecule has 0 radical (unpaired) electrons. The van der Waals surface area contributed by atoms with Gasteiger partial charge in [0.1, 0.15) is 0 Å². The van der Waals surface area contributed by atoms with Gasteiger partial charge >= 0.3 is 0 Å². The number of rotatable bonds is 4. The molecule has 34 heavy (non-hydrogen) atoms. The number of nitriles is 1. The molecule has 1 spiro atoms. The highest BCUT2D eigenvalue weighted by molar-refractivity contribution is 6.04. The molecule has 0 bridgehead atoms. The van der Waals surface area contributed by atoms with Gasteiger partial charge in [0.15, 0.2) is 0 Å².